The SMILES string of the molecule is CCCCc1ccc(NC(=O)N2C[C@@H]3CCCN4CCC[C@@H]([C@H]34)[C@H]2CCCC)cc1. The summed E-state index contributed by atoms with van der Waals surface area (Å²) in [6.45, 7) is 7.98. The van der Waals surface area contributed by atoms with E-state index in [1.54, 1.807) is 0 Å². The van der Waals surface area contributed by atoms with Crippen molar-refractivity contribution < 1.29 is 4.79 Å². The van der Waals surface area contributed by atoms with Gasteiger partial charge < -0.3 is 10.2 Å². The van der Waals surface area contributed by atoms with Gasteiger partial charge in [-0.05, 0) is 87.6 Å². The minimum absolute atomic E-state index is 0.124. The number of amides is 2. The molecule has 166 valence electrons. The van der Waals surface area contributed by atoms with Gasteiger partial charge in [0.05, 0.1) is 0 Å². The first-order valence-corrected chi connectivity index (χ1v) is 12.6. The number of nitrogens with one attached hydrogen (secondary N) is 1. The summed E-state index contributed by atoms with van der Waals surface area (Å²) < 4.78 is 0. The van der Waals surface area contributed by atoms with E-state index >= 15 is 0 Å². The summed E-state index contributed by atoms with van der Waals surface area (Å²) in [5, 5.41) is 3.24. The van der Waals surface area contributed by atoms with Gasteiger partial charge in [-0.25, -0.2) is 4.79 Å². The third-order valence-electron chi connectivity index (χ3n) is 7.81. The molecule has 3 heterocycles. The van der Waals surface area contributed by atoms with Gasteiger partial charge in [-0.15, -0.1) is 0 Å². The van der Waals surface area contributed by atoms with Crippen molar-refractivity contribution in [3.05, 3.63) is 29.8 Å². The maximum absolute atomic E-state index is 13.4. The monoisotopic (exact) mass is 411 g/mol. The molecule has 2 amide bonds. The standard InChI is InChI=1S/C26H41N3O/c1-3-5-9-20-13-15-22(16-14-20)27-26(30)29-19-21-10-7-17-28-18-8-11-23(25(21)28)24(29)12-6-4-2/h13-16,21,23-25H,3-12,17-19H2,1-2H3,(H,27,30)/t21-,23+,24+,25-/m0/s1. The highest BCUT2D eigenvalue weighted by Gasteiger charge is 2.49. The molecule has 3 fully saturated rings. The topological polar surface area (TPSA) is 35.6 Å². The molecule has 0 aliphatic carbocycles. The quantitative estimate of drug-likeness (QED) is 0.604. The van der Waals surface area contributed by atoms with Crippen LogP contribution in [0.1, 0.15) is 77.2 Å². The molecule has 30 heavy (non-hydrogen) atoms. The van der Waals surface area contributed by atoms with Crippen molar-refractivity contribution in [2.45, 2.75) is 90.1 Å². The highest BCUT2D eigenvalue weighted by molar-refractivity contribution is 5.89. The van der Waals surface area contributed by atoms with Crippen LogP contribution < -0.4 is 5.32 Å². The van der Waals surface area contributed by atoms with Crippen molar-refractivity contribution in [2.75, 3.05) is 25.0 Å². The molecule has 0 bridgehead atoms. The van der Waals surface area contributed by atoms with Crippen LogP contribution in [-0.2, 0) is 6.42 Å². The normalized spacial score (nSPS) is 28.8. The van der Waals surface area contributed by atoms with Crippen LogP contribution in [0.15, 0.2) is 24.3 Å². The molecule has 0 spiro atoms. The number of piperidine rings is 3. The molecule has 4 nitrogen and oxygen atoms in total. The zero-order chi connectivity index (χ0) is 20.9. The number of aryl methyl sites for hydroxylation is 1. The number of carbonyl (C=O) groups excluding carboxylic acids is 1. The number of hydrogen-bond donors (Lipinski definition) is 1. The summed E-state index contributed by atoms with van der Waals surface area (Å²) in [6.07, 6.45) is 12.3. The Morgan fingerprint density at radius 2 is 1.77 bits per heavy atom. The Labute approximate surface area is 183 Å². The van der Waals surface area contributed by atoms with E-state index in [9.17, 15) is 4.79 Å². The number of unbranched alkanes of at least 4 members (excludes halogenated alkanes) is 2. The second-order valence-electron chi connectivity index (χ2n) is 9.83. The van der Waals surface area contributed by atoms with Gasteiger partial charge in [-0.3, -0.25) is 4.90 Å². The van der Waals surface area contributed by atoms with Crippen molar-refractivity contribution in [1.29, 1.82) is 0 Å². The van der Waals surface area contributed by atoms with Crippen LogP contribution in [0.25, 0.3) is 0 Å². The number of hydrogen-bond acceptors (Lipinski definition) is 2. The van der Waals surface area contributed by atoms with Crippen LogP contribution in [0.5, 0.6) is 0 Å². The highest BCUT2D eigenvalue weighted by Crippen LogP contribution is 2.43. The lowest BCUT2D eigenvalue weighted by Crippen LogP contribution is -2.66. The molecule has 4 rings (SSSR count). The predicted octanol–water partition coefficient (Wildman–Crippen LogP) is 5.93. The van der Waals surface area contributed by atoms with Crippen molar-refractivity contribution in [3.8, 4) is 0 Å². The Balaban J connectivity index is 1.48. The first kappa shape index (κ1) is 21.7. The number of anilines is 1. The second-order valence-corrected chi connectivity index (χ2v) is 9.83. The van der Waals surface area contributed by atoms with E-state index in [-0.39, 0.29) is 6.03 Å². The maximum Gasteiger partial charge on any atom is 0.322 e. The Bertz CT molecular complexity index is 686. The molecule has 3 saturated heterocycles. The maximum atomic E-state index is 13.4. The minimum atomic E-state index is 0.124. The van der Waals surface area contributed by atoms with Crippen LogP contribution in [0.4, 0.5) is 10.5 Å². The van der Waals surface area contributed by atoms with E-state index in [2.05, 4.69) is 53.2 Å². The van der Waals surface area contributed by atoms with Gasteiger partial charge in [-0.1, -0.05) is 45.2 Å². The molecule has 1 N–H and O–H groups in total. The van der Waals surface area contributed by atoms with Crippen LogP contribution in [0.3, 0.4) is 0 Å². The Hall–Kier alpha value is -1.55. The van der Waals surface area contributed by atoms with Crippen molar-refractivity contribution in [1.82, 2.24) is 9.80 Å². The first-order valence-electron chi connectivity index (χ1n) is 12.6. The van der Waals surface area contributed by atoms with E-state index < -0.39 is 0 Å². The van der Waals surface area contributed by atoms with E-state index in [4.69, 9.17) is 0 Å². The van der Waals surface area contributed by atoms with Crippen LogP contribution >= 0.6 is 0 Å². The van der Waals surface area contributed by atoms with Gasteiger partial charge >= 0.3 is 6.03 Å². The van der Waals surface area contributed by atoms with E-state index in [1.807, 2.05) is 0 Å². The number of likely N-dealkylation sites (tertiary alicyclic amines) is 1. The average Bonchev–Trinajstić information content (AvgIpc) is 2.78. The summed E-state index contributed by atoms with van der Waals surface area (Å²) >= 11 is 0. The zero-order valence-electron chi connectivity index (χ0n) is 19.1. The largest absolute Gasteiger partial charge is 0.322 e. The molecule has 4 heteroatoms. The summed E-state index contributed by atoms with van der Waals surface area (Å²) in [7, 11) is 0. The van der Waals surface area contributed by atoms with Gasteiger partial charge in [0.15, 0.2) is 0 Å². The van der Waals surface area contributed by atoms with Crippen LogP contribution in [0.2, 0.25) is 0 Å². The lowest BCUT2D eigenvalue weighted by Gasteiger charge is -2.57. The lowest BCUT2D eigenvalue weighted by atomic mass is 9.69. The van der Waals surface area contributed by atoms with Crippen LogP contribution in [-0.4, -0.2) is 47.5 Å². The fraction of sp³-hybridized carbons (Fsp3) is 0.731. The fourth-order valence-electron chi connectivity index (χ4n) is 6.34. The molecule has 0 saturated carbocycles. The summed E-state index contributed by atoms with van der Waals surface area (Å²) in [6, 6.07) is 9.75. The lowest BCUT2D eigenvalue weighted by molar-refractivity contribution is -0.0617. The number of benzene rings is 1. The Morgan fingerprint density at radius 3 is 2.50 bits per heavy atom. The molecular weight excluding hydrogens is 370 g/mol. The predicted molar refractivity (Wildman–Crippen MR) is 125 cm³/mol. The van der Waals surface area contributed by atoms with E-state index in [0.717, 1.165) is 31.1 Å². The number of carbonyl (C=O) groups is 1. The third kappa shape index (κ3) is 4.69. The van der Waals surface area contributed by atoms with Gasteiger partial charge in [0.1, 0.15) is 0 Å². The molecule has 0 aromatic heterocycles. The minimum Gasteiger partial charge on any atom is -0.321 e. The second kappa shape index (κ2) is 10.2. The number of rotatable bonds is 7. The summed E-state index contributed by atoms with van der Waals surface area (Å²) in [5.74, 6) is 1.32. The average molecular weight is 412 g/mol. The Morgan fingerprint density at radius 1 is 1.03 bits per heavy atom. The number of nitrogens with zero attached hydrogens (tertiary/aromatic N) is 2. The molecule has 0 unspecified atom stereocenters. The van der Waals surface area contributed by atoms with Gasteiger partial charge in [0.2, 0.25) is 0 Å². The van der Waals surface area contributed by atoms with E-state index in [1.165, 1.54) is 70.0 Å². The van der Waals surface area contributed by atoms with E-state index in [0.29, 0.717) is 17.9 Å². The van der Waals surface area contributed by atoms with Gasteiger partial charge in [0.25, 0.3) is 0 Å². The molecule has 1 aromatic rings. The molecule has 3 aliphatic rings. The fourth-order valence-corrected chi connectivity index (χ4v) is 6.34. The summed E-state index contributed by atoms with van der Waals surface area (Å²) in [4.78, 5) is 18.4. The van der Waals surface area contributed by atoms with Crippen molar-refractivity contribution in [2.24, 2.45) is 11.8 Å². The first-order chi connectivity index (χ1) is 14.7. The molecule has 4 atom stereocenters. The summed E-state index contributed by atoms with van der Waals surface area (Å²) in [5.41, 5.74) is 2.30. The molecule has 3 aliphatic heterocycles. The highest BCUT2D eigenvalue weighted by atomic mass is 16.2. The molecular formula is C26H41N3O. The Kier molecular flexibility index (Phi) is 7.35. The van der Waals surface area contributed by atoms with Crippen LogP contribution in [0, 0.1) is 11.8 Å². The van der Waals surface area contributed by atoms with Crippen molar-refractivity contribution >= 4 is 11.7 Å². The zero-order valence-corrected chi connectivity index (χ0v) is 19.1. The third-order valence-corrected chi connectivity index (χ3v) is 7.81. The van der Waals surface area contributed by atoms with Crippen molar-refractivity contribution in [3.63, 3.8) is 0 Å². The number of urea groups is 1. The molecule has 0 radical (unpaired) electrons. The van der Waals surface area contributed by atoms with Gasteiger partial charge in [-0.2, -0.15) is 0 Å². The molecule has 1 aromatic carbocycles. The smallest absolute Gasteiger partial charge is 0.321 e. The van der Waals surface area contributed by atoms with Gasteiger partial charge in [0, 0.05) is 24.3 Å².